The number of nitrogens with zero attached hydrogens (tertiary/aromatic N) is 1. The van der Waals surface area contributed by atoms with Gasteiger partial charge in [-0.15, -0.1) is 0 Å². The highest BCUT2D eigenvalue weighted by Gasteiger charge is 2.16. The van der Waals surface area contributed by atoms with E-state index in [9.17, 15) is 4.79 Å². The number of aryl methyl sites for hydroxylation is 2. The van der Waals surface area contributed by atoms with Crippen molar-refractivity contribution in [2.45, 2.75) is 13.8 Å². The number of fused-ring (bicyclic) bond motifs is 1. The highest BCUT2D eigenvalue weighted by molar-refractivity contribution is 6.34. The Hall–Kier alpha value is -2.82. The van der Waals surface area contributed by atoms with Gasteiger partial charge < -0.3 is 9.73 Å². The minimum atomic E-state index is -0.303. The van der Waals surface area contributed by atoms with Crippen LogP contribution in [0.5, 0.6) is 0 Å². The van der Waals surface area contributed by atoms with E-state index in [1.807, 2.05) is 26.0 Å². The molecule has 0 aliphatic heterocycles. The lowest BCUT2D eigenvalue weighted by Crippen LogP contribution is -2.12. The summed E-state index contributed by atoms with van der Waals surface area (Å²) in [5.41, 5.74) is 5.18. The molecule has 28 heavy (non-hydrogen) atoms. The third kappa shape index (κ3) is 3.49. The SMILES string of the molecule is Cc1cc(C)c2oc(-c3cc(NC(=O)c4ccccc4Cl)ccc3Cl)nc2c1. The predicted molar refractivity (Wildman–Crippen MR) is 113 cm³/mol. The van der Waals surface area contributed by atoms with E-state index in [0.29, 0.717) is 32.8 Å². The molecule has 4 nitrogen and oxygen atoms in total. The summed E-state index contributed by atoms with van der Waals surface area (Å²) in [6.07, 6.45) is 0. The first kappa shape index (κ1) is 18.5. The van der Waals surface area contributed by atoms with E-state index < -0.39 is 0 Å². The Morgan fingerprint density at radius 2 is 1.79 bits per heavy atom. The van der Waals surface area contributed by atoms with E-state index in [1.165, 1.54) is 0 Å². The van der Waals surface area contributed by atoms with E-state index >= 15 is 0 Å². The van der Waals surface area contributed by atoms with Crippen molar-refractivity contribution >= 4 is 45.9 Å². The van der Waals surface area contributed by atoms with Crippen LogP contribution < -0.4 is 5.32 Å². The van der Waals surface area contributed by atoms with Crippen molar-refractivity contribution in [1.82, 2.24) is 4.98 Å². The number of amides is 1. The fraction of sp³-hybridized carbons (Fsp3) is 0.0909. The smallest absolute Gasteiger partial charge is 0.257 e. The number of nitrogens with one attached hydrogen (secondary N) is 1. The summed E-state index contributed by atoms with van der Waals surface area (Å²) in [4.78, 5) is 17.1. The summed E-state index contributed by atoms with van der Waals surface area (Å²) >= 11 is 12.5. The molecule has 1 aromatic heterocycles. The maximum absolute atomic E-state index is 12.5. The molecule has 140 valence electrons. The molecule has 6 heteroatoms. The first-order valence-corrected chi connectivity index (χ1v) is 9.41. The molecule has 0 aliphatic carbocycles. The van der Waals surface area contributed by atoms with Crippen LogP contribution in [0.25, 0.3) is 22.6 Å². The normalized spacial score (nSPS) is 11.0. The van der Waals surface area contributed by atoms with Gasteiger partial charge in [0.2, 0.25) is 5.89 Å². The Morgan fingerprint density at radius 1 is 1.00 bits per heavy atom. The minimum absolute atomic E-state index is 0.303. The van der Waals surface area contributed by atoms with Crippen molar-refractivity contribution in [3.8, 4) is 11.5 Å². The molecule has 1 heterocycles. The zero-order chi connectivity index (χ0) is 19.8. The van der Waals surface area contributed by atoms with E-state index in [4.69, 9.17) is 27.6 Å². The van der Waals surface area contributed by atoms with Crippen LogP contribution in [0.3, 0.4) is 0 Å². The molecule has 0 radical (unpaired) electrons. The zero-order valence-electron chi connectivity index (χ0n) is 15.2. The Kier molecular flexibility index (Phi) is 4.84. The monoisotopic (exact) mass is 410 g/mol. The average Bonchev–Trinajstić information content (AvgIpc) is 3.07. The van der Waals surface area contributed by atoms with Crippen LogP contribution in [0.4, 0.5) is 5.69 Å². The van der Waals surface area contributed by atoms with Crippen LogP contribution in [0, 0.1) is 13.8 Å². The second-order valence-electron chi connectivity index (χ2n) is 6.58. The van der Waals surface area contributed by atoms with E-state index in [-0.39, 0.29) is 5.91 Å². The van der Waals surface area contributed by atoms with E-state index in [0.717, 1.165) is 22.2 Å². The van der Waals surface area contributed by atoms with E-state index in [1.54, 1.807) is 42.5 Å². The van der Waals surface area contributed by atoms with Gasteiger partial charge in [0, 0.05) is 5.69 Å². The van der Waals surface area contributed by atoms with Gasteiger partial charge in [-0.2, -0.15) is 0 Å². The van der Waals surface area contributed by atoms with Crippen LogP contribution in [0.15, 0.2) is 59.0 Å². The molecular formula is C22H16Cl2N2O2. The third-order valence-corrected chi connectivity index (χ3v) is 5.05. The minimum Gasteiger partial charge on any atom is -0.436 e. The van der Waals surface area contributed by atoms with Crippen molar-refractivity contribution in [2.24, 2.45) is 0 Å². The van der Waals surface area contributed by atoms with Gasteiger partial charge in [-0.05, 0) is 61.4 Å². The summed E-state index contributed by atoms with van der Waals surface area (Å²) in [5.74, 6) is 0.102. The van der Waals surface area contributed by atoms with Gasteiger partial charge in [0.15, 0.2) is 5.58 Å². The predicted octanol–water partition coefficient (Wildman–Crippen LogP) is 6.67. The molecule has 4 rings (SSSR count). The fourth-order valence-corrected chi connectivity index (χ4v) is 3.52. The first-order chi connectivity index (χ1) is 13.4. The van der Waals surface area contributed by atoms with Crippen molar-refractivity contribution in [3.63, 3.8) is 0 Å². The molecule has 0 atom stereocenters. The van der Waals surface area contributed by atoms with Crippen LogP contribution in [0.2, 0.25) is 10.0 Å². The number of hydrogen-bond acceptors (Lipinski definition) is 3. The number of oxazole rings is 1. The summed E-state index contributed by atoms with van der Waals surface area (Å²) in [6.45, 7) is 3.99. The van der Waals surface area contributed by atoms with Crippen LogP contribution >= 0.6 is 23.2 Å². The summed E-state index contributed by atoms with van der Waals surface area (Å²) in [5, 5.41) is 3.71. The summed E-state index contributed by atoms with van der Waals surface area (Å²) in [7, 11) is 0. The molecule has 0 unspecified atom stereocenters. The second-order valence-corrected chi connectivity index (χ2v) is 7.39. The lowest BCUT2D eigenvalue weighted by atomic mass is 10.1. The molecular weight excluding hydrogens is 395 g/mol. The lowest BCUT2D eigenvalue weighted by Gasteiger charge is -2.08. The van der Waals surface area contributed by atoms with Crippen LogP contribution in [0.1, 0.15) is 21.5 Å². The summed E-state index contributed by atoms with van der Waals surface area (Å²) < 4.78 is 5.96. The molecule has 0 saturated heterocycles. The van der Waals surface area contributed by atoms with E-state index in [2.05, 4.69) is 10.3 Å². The van der Waals surface area contributed by atoms with Crippen LogP contribution in [-0.4, -0.2) is 10.9 Å². The van der Waals surface area contributed by atoms with Crippen molar-refractivity contribution in [3.05, 3.63) is 81.3 Å². The van der Waals surface area contributed by atoms with Gasteiger partial charge in [0.25, 0.3) is 5.91 Å². The fourth-order valence-electron chi connectivity index (χ4n) is 3.10. The number of anilines is 1. The maximum Gasteiger partial charge on any atom is 0.257 e. The van der Waals surface area contributed by atoms with Gasteiger partial charge in [-0.25, -0.2) is 4.98 Å². The molecule has 4 aromatic rings. The zero-order valence-corrected chi connectivity index (χ0v) is 16.7. The number of hydrogen-bond donors (Lipinski definition) is 1. The number of aromatic nitrogens is 1. The Morgan fingerprint density at radius 3 is 2.57 bits per heavy atom. The molecule has 0 spiro atoms. The Labute approximate surface area is 172 Å². The van der Waals surface area contributed by atoms with Gasteiger partial charge in [0.05, 0.1) is 21.2 Å². The molecule has 0 aliphatic rings. The van der Waals surface area contributed by atoms with Crippen molar-refractivity contribution in [2.75, 3.05) is 5.32 Å². The number of halogens is 2. The first-order valence-electron chi connectivity index (χ1n) is 8.66. The third-order valence-electron chi connectivity index (χ3n) is 4.39. The molecule has 0 saturated carbocycles. The largest absolute Gasteiger partial charge is 0.436 e. The van der Waals surface area contributed by atoms with Crippen LogP contribution in [-0.2, 0) is 0 Å². The second kappa shape index (κ2) is 7.30. The molecule has 3 aromatic carbocycles. The number of benzene rings is 3. The standard InChI is InChI=1S/C22H16Cl2N2O2/c1-12-9-13(2)20-19(10-12)26-22(28-20)16-11-14(7-8-18(16)24)25-21(27)15-5-3-4-6-17(15)23/h3-11H,1-2H3,(H,25,27). The number of carbonyl (C=O) groups excluding carboxylic acids is 1. The van der Waals surface area contributed by atoms with Gasteiger partial charge in [-0.1, -0.05) is 41.4 Å². The average molecular weight is 411 g/mol. The molecule has 0 fully saturated rings. The van der Waals surface area contributed by atoms with Gasteiger partial charge in [-0.3, -0.25) is 4.79 Å². The maximum atomic E-state index is 12.5. The van der Waals surface area contributed by atoms with Gasteiger partial charge >= 0.3 is 0 Å². The Balaban J connectivity index is 1.71. The lowest BCUT2D eigenvalue weighted by molar-refractivity contribution is 0.102. The number of rotatable bonds is 3. The highest BCUT2D eigenvalue weighted by atomic mass is 35.5. The highest BCUT2D eigenvalue weighted by Crippen LogP contribution is 2.33. The number of carbonyl (C=O) groups is 1. The van der Waals surface area contributed by atoms with Crippen molar-refractivity contribution in [1.29, 1.82) is 0 Å². The Bertz CT molecular complexity index is 1210. The van der Waals surface area contributed by atoms with Crippen molar-refractivity contribution < 1.29 is 9.21 Å². The summed E-state index contributed by atoms with van der Waals surface area (Å²) in [6, 6.07) is 16.0. The quantitative estimate of drug-likeness (QED) is 0.410. The van der Waals surface area contributed by atoms with Gasteiger partial charge in [0.1, 0.15) is 5.52 Å². The molecule has 1 amide bonds. The topological polar surface area (TPSA) is 55.1 Å². The molecule has 0 bridgehead atoms. The molecule has 1 N–H and O–H groups in total.